The monoisotopic (exact) mass is 349 g/mol. The molecule has 2 heterocycles. The van der Waals surface area contributed by atoms with Gasteiger partial charge in [0.25, 0.3) is 5.91 Å². The molecule has 0 aliphatic heterocycles. The van der Waals surface area contributed by atoms with Crippen LogP contribution in [0.25, 0.3) is 0 Å². The van der Waals surface area contributed by atoms with E-state index in [1.165, 1.54) is 12.1 Å². The molecule has 0 aliphatic rings. The SMILES string of the molecule is CCCN(C(=O)c1ccccn1)C(c1ccc(F)cc1)c1cccnc1. The van der Waals surface area contributed by atoms with Gasteiger partial charge in [-0.05, 0) is 47.9 Å². The van der Waals surface area contributed by atoms with Gasteiger partial charge in [0, 0.05) is 25.1 Å². The summed E-state index contributed by atoms with van der Waals surface area (Å²) in [5.74, 6) is -0.470. The molecule has 1 atom stereocenters. The number of nitrogens with zero attached hydrogens (tertiary/aromatic N) is 3. The maximum absolute atomic E-state index is 13.4. The highest BCUT2D eigenvalue weighted by atomic mass is 19.1. The maximum Gasteiger partial charge on any atom is 0.273 e. The fourth-order valence-corrected chi connectivity index (χ4v) is 2.96. The van der Waals surface area contributed by atoms with Crippen LogP contribution < -0.4 is 0 Å². The van der Waals surface area contributed by atoms with Gasteiger partial charge in [-0.15, -0.1) is 0 Å². The van der Waals surface area contributed by atoms with Crippen molar-refractivity contribution in [2.75, 3.05) is 6.54 Å². The van der Waals surface area contributed by atoms with E-state index in [0.717, 1.165) is 17.5 Å². The summed E-state index contributed by atoms with van der Waals surface area (Å²) in [7, 11) is 0. The van der Waals surface area contributed by atoms with Gasteiger partial charge in [-0.2, -0.15) is 0 Å². The number of rotatable bonds is 6. The minimum absolute atomic E-state index is 0.161. The average Bonchev–Trinajstić information content (AvgIpc) is 2.70. The molecular formula is C21H20FN3O. The first-order valence-corrected chi connectivity index (χ1v) is 8.58. The molecule has 0 aliphatic carbocycles. The van der Waals surface area contributed by atoms with E-state index >= 15 is 0 Å². The van der Waals surface area contributed by atoms with Crippen LogP contribution in [0.1, 0.15) is 41.0 Å². The Kier molecular flexibility index (Phi) is 5.69. The first-order valence-electron chi connectivity index (χ1n) is 8.58. The van der Waals surface area contributed by atoms with E-state index in [4.69, 9.17) is 0 Å². The van der Waals surface area contributed by atoms with E-state index in [2.05, 4.69) is 9.97 Å². The van der Waals surface area contributed by atoms with E-state index in [-0.39, 0.29) is 17.8 Å². The van der Waals surface area contributed by atoms with Crippen molar-refractivity contribution < 1.29 is 9.18 Å². The van der Waals surface area contributed by atoms with E-state index in [9.17, 15) is 9.18 Å². The minimum Gasteiger partial charge on any atom is -0.326 e. The van der Waals surface area contributed by atoms with Crippen molar-refractivity contribution in [2.24, 2.45) is 0 Å². The predicted molar refractivity (Wildman–Crippen MR) is 98.0 cm³/mol. The fourth-order valence-electron chi connectivity index (χ4n) is 2.96. The van der Waals surface area contributed by atoms with Crippen LogP contribution in [0.5, 0.6) is 0 Å². The molecule has 1 amide bonds. The summed E-state index contributed by atoms with van der Waals surface area (Å²) in [6.07, 6.45) is 5.82. The Morgan fingerprint density at radius 2 is 1.85 bits per heavy atom. The van der Waals surface area contributed by atoms with Crippen LogP contribution in [0.15, 0.2) is 73.2 Å². The minimum atomic E-state index is -0.362. The van der Waals surface area contributed by atoms with Gasteiger partial charge in [-0.3, -0.25) is 14.8 Å². The lowest BCUT2D eigenvalue weighted by atomic mass is 9.97. The molecule has 2 aromatic heterocycles. The molecule has 26 heavy (non-hydrogen) atoms. The highest BCUT2D eigenvalue weighted by Gasteiger charge is 2.28. The van der Waals surface area contributed by atoms with Gasteiger partial charge in [0.1, 0.15) is 11.5 Å². The fraction of sp³-hybridized carbons (Fsp3) is 0.190. The summed E-state index contributed by atoms with van der Waals surface area (Å²) >= 11 is 0. The second kappa shape index (κ2) is 8.34. The second-order valence-electron chi connectivity index (χ2n) is 5.95. The van der Waals surface area contributed by atoms with Crippen molar-refractivity contribution >= 4 is 5.91 Å². The summed E-state index contributed by atoms with van der Waals surface area (Å²) in [5, 5.41) is 0. The molecule has 0 N–H and O–H groups in total. The smallest absolute Gasteiger partial charge is 0.273 e. The maximum atomic E-state index is 13.4. The lowest BCUT2D eigenvalue weighted by Gasteiger charge is -2.32. The number of aromatic nitrogens is 2. The molecular weight excluding hydrogens is 329 g/mol. The number of benzene rings is 1. The second-order valence-corrected chi connectivity index (χ2v) is 5.95. The van der Waals surface area contributed by atoms with E-state index in [1.54, 1.807) is 53.8 Å². The molecule has 3 rings (SSSR count). The van der Waals surface area contributed by atoms with Crippen LogP contribution in [0, 0.1) is 5.82 Å². The van der Waals surface area contributed by atoms with Crippen LogP contribution in [-0.2, 0) is 0 Å². The molecule has 0 bridgehead atoms. The van der Waals surface area contributed by atoms with Crippen LogP contribution in [0.3, 0.4) is 0 Å². The normalized spacial score (nSPS) is 11.8. The molecule has 0 saturated carbocycles. The van der Waals surface area contributed by atoms with E-state index in [0.29, 0.717) is 12.2 Å². The zero-order valence-corrected chi connectivity index (χ0v) is 14.5. The lowest BCUT2D eigenvalue weighted by Crippen LogP contribution is -2.36. The van der Waals surface area contributed by atoms with Crippen molar-refractivity contribution in [3.63, 3.8) is 0 Å². The quantitative estimate of drug-likeness (QED) is 0.668. The van der Waals surface area contributed by atoms with Crippen LogP contribution in [0.4, 0.5) is 4.39 Å². The van der Waals surface area contributed by atoms with Gasteiger partial charge in [-0.25, -0.2) is 4.39 Å². The van der Waals surface area contributed by atoms with Crippen LogP contribution in [0.2, 0.25) is 0 Å². The summed E-state index contributed by atoms with van der Waals surface area (Å²) in [4.78, 5) is 23.3. The van der Waals surface area contributed by atoms with E-state index in [1.807, 2.05) is 19.1 Å². The molecule has 0 spiro atoms. The van der Waals surface area contributed by atoms with Crippen molar-refractivity contribution in [2.45, 2.75) is 19.4 Å². The molecule has 5 heteroatoms. The third kappa shape index (κ3) is 3.94. The molecule has 0 radical (unpaired) electrons. The largest absolute Gasteiger partial charge is 0.326 e. The number of amides is 1. The van der Waals surface area contributed by atoms with Crippen molar-refractivity contribution in [3.8, 4) is 0 Å². The van der Waals surface area contributed by atoms with Gasteiger partial charge in [0.05, 0.1) is 6.04 Å². The first-order chi connectivity index (χ1) is 12.7. The van der Waals surface area contributed by atoms with E-state index < -0.39 is 0 Å². The summed E-state index contributed by atoms with van der Waals surface area (Å²) in [5.41, 5.74) is 2.09. The Morgan fingerprint density at radius 3 is 2.46 bits per heavy atom. The Balaban J connectivity index is 2.07. The highest BCUT2D eigenvalue weighted by Crippen LogP contribution is 2.29. The molecule has 1 unspecified atom stereocenters. The summed E-state index contributed by atoms with van der Waals surface area (Å²) < 4.78 is 13.4. The Morgan fingerprint density at radius 1 is 1.04 bits per heavy atom. The number of carbonyl (C=O) groups is 1. The number of halogens is 1. The molecule has 1 aromatic carbocycles. The topological polar surface area (TPSA) is 46.1 Å². The van der Waals surface area contributed by atoms with Gasteiger partial charge in [-0.1, -0.05) is 31.2 Å². The molecule has 0 fully saturated rings. The van der Waals surface area contributed by atoms with Crippen molar-refractivity contribution in [3.05, 3.63) is 95.8 Å². The van der Waals surface area contributed by atoms with Gasteiger partial charge >= 0.3 is 0 Å². The lowest BCUT2D eigenvalue weighted by molar-refractivity contribution is 0.0700. The summed E-state index contributed by atoms with van der Waals surface area (Å²) in [6, 6.07) is 14.9. The molecule has 3 aromatic rings. The molecule has 4 nitrogen and oxygen atoms in total. The number of pyridine rings is 2. The Bertz CT molecular complexity index is 838. The zero-order valence-electron chi connectivity index (χ0n) is 14.5. The van der Waals surface area contributed by atoms with Crippen LogP contribution >= 0.6 is 0 Å². The Hall–Kier alpha value is -3.08. The molecule has 132 valence electrons. The van der Waals surface area contributed by atoms with Crippen molar-refractivity contribution in [1.82, 2.24) is 14.9 Å². The number of hydrogen-bond acceptors (Lipinski definition) is 3. The first kappa shape index (κ1) is 17.7. The predicted octanol–water partition coefficient (Wildman–Crippen LogP) is 4.26. The average molecular weight is 349 g/mol. The van der Waals surface area contributed by atoms with Gasteiger partial charge < -0.3 is 4.90 Å². The zero-order chi connectivity index (χ0) is 18.4. The Labute approximate surface area is 152 Å². The third-order valence-corrected chi connectivity index (χ3v) is 4.11. The van der Waals surface area contributed by atoms with Gasteiger partial charge in [0.2, 0.25) is 0 Å². The van der Waals surface area contributed by atoms with Gasteiger partial charge in [0.15, 0.2) is 0 Å². The highest BCUT2D eigenvalue weighted by molar-refractivity contribution is 5.92. The van der Waals surface area contributed by atoms with Crippen LogP contribution in [-0.4, -0.2) is 27.3 Å². The summed E-state index contributed by atoms with van der Waals surface area (Å²) in [6.45, 7) is 2.57. The van der Waals surface area contributed by atoms with Crippen molar-refractivity contribution in [1.29, 1.82) is 0 Å². The number of carbonyl (C=O) groups excluding carboxylic acids is 1. The number of hydrogen-bond donors (Lipinski definition) is 0. The standard InChI is InChI=1S/C21H20FN3O/c1-2-14-25(21(26)19-7-3-4-13-24-19)20(17-6-5-12-23-15-17)16-8-10-18(22)11-9-16/h3-13,15,20H,2,14H2,1H3. The third-order valence-electron chi connectivity index (χ3n) is 4.11. The molecule has 0 saturated heterocycles.